The Bertz CT molecular complexity index is 431. The van der Waals surface area contributed by atoms with E-state index >= 15 is 0 Å². The highest BCUT2D eigenvalue weighted by atomic mass is 15.2. The van der Waals surface area contributed by atoms with Crippen LogP contribution in [0.15, 0.2) is 12.4 Å². The molecule has 6 nitrogen and oxygen atoms in total. The van der Waals surface area contributed by atoms with Gasteiger partial charge in [0.15, 0.2) is 5.82 Å². The van der Waals surface area contributed by atoms with Crippen LogP contribution in [0.2, 0.25) is 0 Å². The second kappa shape index (κ2) is 2.00. The Labute approximate surface area is 68.0 Å². The third-order valence-electron chi connectivity index (χ3n) is 1.63. The molecule has 6 N–H and O–H groups in total. The second-order valence-corrected chi connectivity index (χ2v) is 2.41. The molecular formula is C6H8N6. The minimum Gasteiger partial charge on any atom is -0.383 e. The lowest BCUT2D eigenvalue weighted by Gasteiger charge is -1.98. The lowest BCUT2D eigenvalue weighted by atomic mass is 10.5. The minimum absolute atomic E-state index is 0.280. The van der Waals surface area contributed by atoms with Gasteiger partial charge in [0.25, 0.3) is 0 Å². The van der Waals surface area contributed by atoms with Gasteiger partial charge in [0.05, 0.1) is 12.4 Å². The van der Waals surface area contributed by atoms with Crippen molar-refractivity contribution in [2.45, 2.75) is 0 Å². The summed E-state index contributed by atoms with van der Waals surface area (Å²) in [5.41, 5.74) is 17.3. The van der Waals surface area contributed by atoms with E-state index in [1.165, 1.54) is 6.20 Å². The van der Waals surface area contributed by atoms with Gasteiger partial charge in [-0.05, 0) is 0 Å². The van der Waals surface area contributed by atoms with Crippen LogP contribution in [0.5, 0.6) is 0 Å². The van der Waals surface area contributed by atoms with Crippen LogP contribution in [-0.2, 0) is 0 Å². The first-order valence-corrected chi connectivity index (χ1v) is 3.33. The predicted molar refractivity (Wildman–Crippen MR) is 46.2 cm³/mol. The molecule has 0 fully saturated rings. The first-order valence-electron chi connectivity index (χ1n) is 3.33. The Morgan fingerprint density at radius 2 is 1.92 bits per heavy atom. The molecule has 0 aliphatic heterocycles. The molecule has 0 bridgehead atoms. The Morgan fingerprint density at radius 1 is 1.17 bits per heavy atom. The molecular weight excluding hydrogens is 156 g/mol. The molecule has 62 valence electrons. The number of anilines is 3. The van der Waals surface area contributed by atoms with E-state index in [-0.39, 0.29) is 5.95 Å². The number of aromatic nitrogens is 3. The van der Waals surface area contributed by atoms with Crippen molar-refractivity contribution in [1.82, 2.24) is 14.4 Å². The number of imidazole rings is 1. The minimum atomic E-state index is 0.280. The van der Waals surface area contributed by atoms with Crippen molar-refractivity contribution in [2.75, 3.05) is 17.2 Å². The molecule has 0 saturated heterocycles. The maximum atomic E-state index is 5.60. The summed E-state index contributed by atoms with van der Waals surface area (Å²) in [4.78, 5) is 7.71. The first-order chi connectivity index (χ1) is 5.70. The van der Waals surface area contributed by atoms with E-state index in [0.717, 1.165) is 0 Å². The van der Waals surface area contributed by atoms with E-state index in [0.29, 0.717) is 17.2 Å². The third kappa shape index (κ3) is 0.685. The highest BCUT2D eigenvalue weighted by Gasteiger charge is 2.06. The summed E-state index contributed by atoms with van der Waals surface area (Å²) < 4.78 is 1.54. The number of hydrogen-bond donors (Lipinski definition) is 3. The second-order valence-electron chi connectivity index (χ2n) is 2.41. The van der Waals surface area contributed by atoms with Gasteiger partial charge in [-0.2, -0.15) is 4.98 Å². The van der Waals surface area contributed by atoms with E-state index in [2.05, 4.69) is 9.97 Å². The van der Waals surface area contributed by atoms with Crippen molar-refractivity contribution in [3.05, 3.63) is 12.4 Å². The normalized spacial score (nSPS) is 10.7. The molecule has 0 saturated carbocycles. The maximum Gasteiger partial charge on any atom is 0.208 e. The fourth-order valence-electron chi connectivity index (χ4n) is 1.11. The van der Waals surface area contributed by atoms with Gasteiger partial charge in [0, 0.05) is 0 Å². The molecule has 6 heteroatoms. The number of fused-ring (bicyclic) bond motifs is 1. The van der Waals surface area contributed by atoms with E-state index < -0.39 is 0 Å². The van der Waals surface area contributed by atoms with Crippen LogP contribution in [0, 0.1) is 0 Å². The van der Waals surface area contributed by atoms with Crippen LogP contribution < -0.4 is 17.2 Å². The molecule has 0 unspecified atom stereocenters. The van der Waals surface area contributed by atoms with E-state index in [1.54, 1.807) is 10.6 Å². The van der Waals surface area contributed by atoms with Gasteiger partial charge in [-0.1, -0.05) is 0 Å². The molecule has 0 spiro atoms. The first kappa shape index (κ1) is 6.71. The number of hydrogen-bond acceptors (Lipinski definition) is 5. The summed E-state index contributed by atoms with van der Waals surface area (Å²) in [7, 11) is 0. The van der Waals surface area contributed by atoms with Crippen LogP contribution in [0.1, 0.15) is 0 Å². The summed E-state index contributed by atoms with van der Waals surface area (Å²) in [5, 5.41) is 0. The topological polar surface area (TPSA) is 108 Å². The molecule has 0 atom stereocenters. The zero-order valence-corrected chi connectivity index (χ0v) is 6.23. The summed E-state index contributed by atoms with van der Waals surface area (Å²) in [5.74, 6) is 1.05. The van der Waals surface area contributed by atoms with Gasteiger partial charge in [-0.25, -0.2) is 0 Å². The van der Waals surface area contributed by atoms with E-state index in [9.17, 15) is 0 Å². The lowest BCUT2D eigenvalue weighted by molar-refractivity contribution is 1.14. The SMILES string of the molecule is Nc1nc(N)n2c(N)cncc12. The molecule has 2 heterocycles. The molecule has 2 aromatic heterocycles. The molecule has 0 aliphatic carbocycles. The smallest absolute Gasteiger partial charge is 0.208 e. The van der Waals surface area contributed by atoms with Gasteiger partial charge in [0.2, 0.25) is 5.95 Å². The van der Waals surface area contributed by atoms with Crippen LogP contribution >= 0.6 is 0 Å². The molecule has 0 amide bonds. The number of nitrogens with two attached hydrogens (primary N) is 3. The van der Waals surface area contributed by atoms with Gasteiger partial charge < -0.3 is 17.2 Å². The number of nitrogens with zero attached hydrogens (tertiary/aromatic N) is 3. The highest BCUT2D eigenvalue weighted by molar-refractivity contribution is 5.70. The average molecular weight is 164 g/mol. The number of nitrogen functional groups attached to an aromatic ring is 3. The van der Waals surface area contributed by atoms with Crippen molar-refractivity contribution in [2.24, 2.45) is 0 Å². The summed E-state index contributed by atoms with van der Waals surface area (Å²) in [6.45, 7) is 0. The van der Waals surface area contributed by atoms with Crippen LogP contribution in [0.4, 0.5) is 17.6 Å². The average Bonchev–Trinajstić information content (AvgIpc) is 2.29. The predicted octanol–water partition coefficient (Wildman–Crippen LogP) is -0.524. The van der Waals surface area contributed by atoms with Crippen LogP contribution in [-0.4, -0.2) is 14.4 Å². The fraction of sp³-hybridized carbons (Fsp3) is 0. The monoisotopic (exact) mass is 164 g/mol. The largest absolute Gasteiger partial charge is 0.383 e. The zero-order valence-electron chi connectivity index (χ0n) is 6.23. The van der Waals surface area contributed by atoms with Crippen LogP contribution in [0.3, 0.4) is 0 Å². The van der Waals surface area contributed by atoms with Gasteiger partial charge in [-0.15, -0.1) is 0 Å². The van der Waals surface area contributed by atoms with Gasteiger partial charge in [0.1, 0.15) is 11.3 Å². The number of rotatable bonds is 0. The molecule has 2 aromatic rings. The van der Waals surface area contributed by atoms with Crippen molar-refractivity contribution < 1.29 is 0 Å². The standard InChI is InChI=1S/C6H8N6/c7-4-2-10-1-3-5(8)11-6(9)12(3)4/h1-2H,7-8H2,(H2,9,11). The van der Waals surface area contributed by atoms with Gasteiger partial charge in [-0.3, -0.25) is 9.38 Å². The van der Waals surface area contributed by atoms with Crippen LogP contribution in [0.25, 0.3) is 5.52 Å². The van der Waals surface area contributed by atoms with Crippen molar-refractivity contribution >= 4 is 23.1 Å². The quantitative estimate of drug-likeness (QED) is 0.485. The highest BCUT2D eigenvalue weighted by Crippen LogP contribution is 2.18. The van der Waals surface area contributed by atoms with Crippen molar-refractivity contribution in [1.29, 1.82) is 0 Å². The fourth-order valence-corrected chi connectivity index (χ4v) is 1.11. The van der Waals surface area contributed by atoms with E-state index in [1.807, 2.05) is 0 Å². The summed E-state index contributed by atoms with van der Waals surface area (Å²) in [6.07, 6.45) is 3.06. The Balaban J connectivity index is 2.99. The zero-order chi connectivity index (χ0) is 8.72. The Morgan fingerprint density at radius 3 is 2.58 bits per heavy atom. The van der Waals surface area contributed by atoms with Crippen molar-refractivity contribution in [3.63, 3.8) is 0 Å². The Hall–Kier alpha value is -1.98. The Kier molecular flexibility index (Phi) is 1.12. The van der Waals surface area contributed by atoms with E-state index in [4.69, 9.17) is 17.2 Å². The summed E-state index contributed by atoms with van der Waals surface area (Å²) >= 11 is 0. The van der Waals surface area contributed by atoms with Crippen molar-refractivity contribution in [3.8, 4) is 0 Å². The van der Waals surface area contributed by atoms with Gasteiger partial charge >= 0.3 is 0 Å². The molecule has 0 aliphatic rings. The maximum absolute atomic E-state index is 5.60. The summed E-state index contributed by atoms with van der Waals surface area (Å²) in [6, 6.07) is 0. The lowest BCUT2D eigenvalue weighted by Crippen LogP contribution is -2.01. The molecule has 0 radical (unpaired) electrons. The third-order valence-corrected chi connectivity index (χ3v) is 1.63. The molecule has 2 rings (SSSR count). The molecule has 0 aromatic carbocycles. The molecule has 12 heavy (non-hydrogen) atoms.